The van der Waals surface area contributed by atoms with Crippen LogP contribution in [0.1, 0.15) is 83.6 Å². The molecule has 2 N–H and O–H groups in total. The Morgan fingerprint density at radius 2 is 1.96 bits per heavy atom. The molecule has 27 heavy (non-hydrogen) atoms. The van der Waals surface area contributed by atoms with Gasteiger partial charge in [-0.1, -0.05) is 33.1 Å². The largest absolute Gasteiger partial charge is 0.348 e. The second kappa shape index (κ2) is 9.41. The molecule has 8 heteroatoms. The van der Waals surface area contributed by atoms with Gasteiger partial charge in [0.05, 0.1) is 17.7 Å². The minimum absolute atomic E-state index is 0.110. The molecule has 1 aliphatic rings. The van der Waals surface area contributed by atoms with Gasteiger partial charge in [-0.05, 0) is 25.2 Å². The first-order valence-electron chi connectivity index (χ1n) is 9.48. The summed E-state index contributed by atoms with van der Waals surface area (Å²) in [7, 11) is 0. The van der Waals surface area contributed by atoms with Gasteiger partial charge in [-0.2, -0.15) is 0 Å². The molecular weight excluding hydrogens is 380 g/mol. The number of nitrogens with one attached hydrogen (secondary N) is 2. The number of aromatic nitrogens is 2. The fraction of sp³-hybridized carbons (Fsp3) is 0.579. The molecule has 2 heterocycles. The van der Waals surface area contributed by atoms with E-state index in [1.54, 1.807) is 17.1 Å². The molecule has 1 atom stereocenters. The second-order valence-electron chi connectivity index (χ2n) is 7.40. The van der Waals surface area contributed by atoms with Gasteiger partial charge in [-0.25, -0.2) is 4.98 Å². The molecule has 6 nitrogen and oxygen atoms in total. The Labute approximate surface area is 167 Å². The van der Waals surface area contributed by atoms with Crippen molar-refractivity contribution in [2.45, 2.75) is 64.5 Å². The second-order valence-corrected chi connectivity index (χ2v) is 9.18. The highest BCUT2D eigenvalue weighted by Crippen LogP contribution is 2.26. The maximum Gasteiger partial charge on any atom is 0.270 e. The van der Waals surface area contributed by atoms with E-state index in [2.05, 4.69) is 34.4 Å². The molecule has 1 aliphatic carbocycles. The summed E-state index contributed by atoms with van der Waals surface area (Å²) < 4.78 is 0. The van der Waals surface area contributed by atoms with Crippen LogP contribution in [-0.2, 0) is 0 Å². The van der Waals surface area contributed by atoms with Crippen molar-refractivity contribution in [2.75, 3.05) is 0 Å². The number of rotatable bonds is 7. The van der Waals surface area contributed by atoms with Gasteiger partial charge < -0.3 is 10.6 Å². The molecule has 2 amide bonds. The number of carbonyl (C=O) groups is 2. The summed E-state index contributed by atoms with van der Waals surface area (Å²) in [6, 6.07) is 0.0507. The lowest BCUT2D eigenvalue weighted by Crippen LogP contribution is -2.36. The van der Waals surface area contributed by atoms with Crippen molar-refractivity contribution in [1.82, 2.24) is 20.6 Å². The first-order valence-corrected chi connectivity index (χ1v) is 11.2. The number of hydrogen-bond donors (Lipinski definition) is 2. The van der Waals surface area contributed by atoms with Crippen LogP contribution in [0, 0.1) is 5.92 Å². The van der Waals surface area contributed by atoms with Crippen molar-refractivity contribution in [3.8, 4) is 0 Å². The van der Waals surface area contributed by atoms with Gasteiger partial charge in [0.25, 0.3) is 11.8 Å². The summed E-state index contributed by atoms with van der Waals surface area (Å²) in [6.07, 6.45) is 8.02. The Hall–Kier alpha value is -1.80. The van der Waals surface area contributed by atoms with E-state index in [1.165, 1.54) is 41.9 Å². The molecule has 1 saturated carbocycles. The van der Waals surface area contributed by atoms with Gasteiger partial charge in [0.15, 0.2) is 0 Å². The van der Waals surface area contributed by atoms with Crippen LogP contribution in [0.3, 0.4) is 0 Å². The van der Waals surface area contributed by atoms with Crippen LogP contribution in [0.2, 0.25) is 0 Å². The molecule has 2 aromatic heterocycles. The number of nitrogens with zero attached hydrogens (tertiary/aromatic N) is 2. The highest BCUT2D eigenvalue weighted by molar-refractivity contribution is 7.11. The van der Waals surface area contributed by atoms with Crippen LogP contribution in [-0.4, -0.2) is 27.8 Å². The zero-order chi connectivity index (χ0) is 19.2. The van der Waals surface area contributed by atoms with Gasteiger partial charge in [-0.3, -0.25) is 14.6 Å². The lowest BCUT2D eigenvalue weighted by Gasteiger charge is -2.22. The van der Waals surface area contributed by atoms with Crippen molar-refractivity contribution in [3.63, 3.8) is 0 Å². The lowest BCUT2D eigenvalue weighted by atomic mass is 9.95. The summed E-state index contributed by atoms with van der Waals surface area (Å²) in [5.41, 5.74) is 2.09. The van der Waals surface area contributed by atoms with E-state index in [1.807, 2.05) is 0 Å². The van der Waals surface area contributed by atoms with Crippen molar-refractivity contribution in [3.05, 3.63) is 32.7 Å². The van der Waals surface area contributed by atoms with E-state index >= 15 is 0 Å². The van der Waals surface area contributed by atoms with Crippen LogP contribution >= 0.6 is 22.7 Å². The predicted molar refractivity (Wildman–Crippen MR) is 108 cm³/mol. The summed E-state index contributed by atoms with van der Waals surface area (Å²) in [5, 5.41) is 8.72. The topological polar surface area (TPSA) is 84.0 Å². The average molecular weight is 407 g/mol. The number of hydrogen-bond acceptors (Lipinski definition) is 6. The third kappa shape index (κ3) is 5.59. The highest BCUT2D eigenvalue weighted by atomic mass is 32.1. The molecule has 1 fully saturated rings. The molecular formula is C19H26N4O2S2. The van der Waals surface area contributed by atoms with Crippen molar-refractivity contribution < 1.29 is 9.59 Å². The van der Waals surface area contributed by atoms with E-state index < -0.39 is 0 Å². The van der Waals surface area contributed by atoms with Gasteiger partial charge in [0, 0.05) is 11.4 Å². The molecule has 0 bridgehead atoms. The summed E-state index contributed by atoms with van der Waals surface area (Å²) in [4.78, 5) is 34.0. The molecule has 0 aliphatic heterocycles. The minimum Gasteiger partial charge on any atom is -0.348 e. The predicted octanol–water partition coefficient (Wildman–Crippen LogP) is 4.18. The summed E-state index contributed by atoms with van der Waals surface area (Å²) in [5.74, 6) is 0.133. The fourth-order valence-electron chi connectivity index (χ4n) is 3.31. The zero-order valence-electron chi connectivity index (χ0n) is 15.7. The molecule has 0 spiro atoms. The Balaban J connectivity index is 1.67. The number of thiazole rings is 2. The van der Waals surface area contributed by atoms with E-state index in [0.717, 1.165) is 24.3 Å². The standard InChI is InChI=1S/C19H26N4O2S2/c1-12(2)8-14(22-18(25)16-9-20-11-27-16)19-23-15(10-26-19)17(24)21-13-6-4-3-5-7-13/h9-14H,3-8H2,1-2H3,(H,21,24)(H,22,25)/t14-/m1/s1. The van der Waals surface area contributed by atoms with Gasteiger partial charge >= 0.3 is 0 Å². The third-order valence-electron chi connectivity index (χ3n) is 4.66. The summed E-state index contributed by atoms with van der Waals surface area (Å²) >= 11 is 2.74. The smallest absolute Gasteiger partial charge is 0.270 e. The number of carbonyl (C=O) groups excluding carboxylic acids is 2. The summed E-state index contributed by atoms with van der Waals surface area (Å²) in [6.45, 7) is 4.21. The van der Waals surface area contributed by atoms with Crippen LogP contribution in [0.4, 0.5) is 0 Å². The van der Waals surface area contributed by atoms with E-state index in [0.29, 0.717) is 16.5 Å². The average Bonchev–Trinajstić information content (AvgIpc) is 3.34. The third-order valence-corrected chi connectivity index (χ3v) is 6.39. The Morgan fingerprint density at radius 3 is 2.63 bits per heavy atom. The van der Waals surface area contributed by atoms with E-state index in [4.69, 9.17) is 0 Å². The van der Waals surface area contributed by atoms with Crippen molar-refractivity contribution >= 4 is 34.5 Å². The molecule has 0 saturated heterocycles. The maximum absolute atomic E-state index is 12.5. The minimum atomic E-state index is -0.208. The maximum atomic E-state index is 12.5. The Morgan fingerprint density at radius 1 is 1.19 bits per heavy atom. The molecule has 2 aromatic rings. The van der Waals surface area contributed by atoms with Gasteiger partial charge in [0.1, 0.15) is 15.6 Å². The molecule has 146 valence electrons. The van der Waals surface area contributed by atoms with Gasteiger partial charge in [-0.15, -0.1) is 22.7 Å². The first kappa shape index (κ1) is 19.9. The fourth-order valence-corrected chi connectivity index (χ4v) is 4.69. The highest BCUT2D eigenvalue weighted by Gasteiger charge is 2.23. The lowest BCUT2D eigenvalue weighted by molar-refractivity contribution is 0.0922. The first-order chi connectivity index (χ1) is 13.0. The van der Waals surface area contributed by atoms with Crippen LogP contribution < -0.4 is 10.6 Å². The van der Waals surface area contributed by atoms with Gasteiger partial charge in [0.2, 0.25) is 0 Å². The monoisotopic (exact) mass is 406 g/mol. The van der Waals surface area contributed by atoms with E-state index in [-0.39, 0.29) is 23.9 Å². The van der Waals surface area contributed by atoms with Crippen molar-refractivity contribution in [1.29, 1.82) is 0 Å². The molecule has 0 aromatic carbocycles. The Kier molecular flexibility index (Phi) is 6.95. The normalized spacial score (nSPS) is 16.3. The van der Waals surface area contributed by atoms with E-state index in [9.17, 15) is 9.59 Å². The quantitative estimate of drug-likeness (QED) is 0.722. The molecule has 0 radical (unpaired) electrons. The van der Waals surface area contributed by atoms with Crippen molar-refractivity contribution in [2.24, 2.45) is 5.92 Å². The van der Waals surface area contributed by atoms with Crippen LogP contribution in [0.15, 0.2) is 17.1 Å². The SMILES string of the molecule is CC(C)C[C@@H](NC(=O)c1cncs1)c1nc(C(=O)NC2CCCCC2)cs1. The number of amides is 2. The molecule has 3 rings (SSSR count). The van der Waals surface area contributed by atoms with Crippen LogP contribution in [0.25, 0.3) is 0 Å². The Bertz CT molecular complexity index is 752. The molecule has 0 unspecified atom stereocenters. The van der Waals surface area contributed by atoms with Crippen LogP contribution in [0.5, 0.6) is 0 Å². The zero-order valence-corrected chi connectivity index (χ0v) is 17.4.